The van der Waals surface area contributed by atoms with Crippen molar-refractivity contribution in [1.82, 2.24) is 4.90 Å². The van der Waals surface area contributed by atoms with Gasteiger partial charge in [0.05, 0.1) is 10.0 Å². The zero-order valence-electron chi connectivity index (χ0n) is 17.6. The van der Waals surface area contributed by atoms with Crippen molar-refractivity contribution in [3.05, 3.63) is 70.2 Å². The summed E-state index contributed by atoms with van der Waals surface area (Å²) in [5.41, 5.74) is 3.24. The van der Waals surface area contributed by atoms with Crippen LogP contribution in [0.3, 0.4) is 0 Å². The van der Waals surface area contributed by atoms with Crippen molar-refractivity contribution < 1.29 is 4.79 Å². The predicted molar refractivity (Wildman–Crippen MR) is 130 cm³/mol. The van der Waals surface area contributed by atoms with Crippen LogP contribution in [0.2, 0.25) is 10.0 Å². The summed E-state index contributed by atoms with van der Waals surface area (Å²) in [6.07, 6.45) is 8.06. The zero-order valence-corrected chi connectivity index (χ0v) is 19.1. The second kappa shape index (κ2) is 8.84. The van der Waals surface area contributed by atoms with Gasteiger partial charge in [0.1, 0.15) is 0 Å². The highest BCUT2D eigenvalue weighted by Gasteiger charge is 2.36. The molecule has 0 bridgehead atoms. The lowest BCUT2D eigenvalue weighted by Gasteiger charge is -2.31. The van der Waals surface area contributed by atoms with Gasteiger partial charge in [0.25, 0.3) is 0 Å². The quantitative estimate of drug-likeness (QED) is 0.401. The molecule has 3 aromatic rings. The van der Waals surface area contributed by atoms with E-state index in [4.69, 9.17) is 23.2 Å². The highest BCUT2D eigenvalue weighted by Crippen LogP contribution is 2.35. The molecule has 2 aliphatic rings. The summed E-state index contributed by atoms with van der Waals surface area (Å²) in [6.45, 7) is 0.936. The number of hydrogen-bond donors (Lipinski definition) is 0. The molecule has 1 aliphatic heterocycles. The number of rotatable bonds is 4. The van der Waals surface area contributed by atoms with Gasteiger partial charge in [-0.1, -0.05) is 84.9 Å². The largest absolute Gasteiger partial charge is 0.339 e. The third-order valence-electron chi connectivity index (χ3n) is 7.02. The van der Waals surface area contributed by atoms with Crippen LogP contribution in [-0.4, -0.2) is 23.4 Å². The predicted octanol–water partition coefficient (Wildman–Crippen LogP) is 7.54. The van der Waals surface area contributed by atoms with Crippen molar-refractivity contribution in [1.29, 1.82) is 0 Å². The summed E-state index contributed by atoms with van der Waals surface area (Å²) >= 11 is 12.6. The Labute approximate surface area is 194 Å². The molecular formula is C27H27Cl2NO. The van der Waals surface area contributed by atoms with E-state index in [0.717, 1.165) is 30.5 Å². The number of likely N-dealkylation sites (tertiary alicyclic amines) is 1. The molecular weight excluding hydrogens is 425 g/mol. The van der Waals surface area contributed by atoms with Crippen molar-refractivity contribution in [3.63, 3.8) is 0 Å². The van der Waals surface area contributed by atoms with E-state index in [1.807, 2.05) is 12.1 Å². The fraction of sp³-hybridized carbons (Fsp3) is 0.370. The Bertz CT molecular complexity index is 1120. The van der Waals surface area contributed by atoms with E-state index in [1.165, 1.54) is 48.4 Å². The molecule has 1 saturated heterocycles. The molecule has 2 fully saturated rings. The van der Waals surface area contributed by atoms with Gasteiger partial charge in [-0.2, -0.15) is 0 Å². The SMILES string of the molecule is O=C1C(Cc2ccc3cc(-c4cccc(Cl)c4Cl)ccc3c2)CCN1C1CCCCC1. The second-order valence-corrected chi connectivity index (χ2v) is 9.80. The molecule has 0 N–H and O–H groups in total. The van der Waals surface area contributed by atoms with Crippen LogP contribution in [-0.2, 0) is 11.2 Å². The lowest BCUT2D eigenvalue weighted by Crippen LogP contribution is -2.39. The van der Waals surface area contributed by atoms with Gasteiger partial charge in [-0.25, -0.2) is 0 Å². The van der Waals surface area contributed by atoms with Crippen LogP contribution in [0.1, 0.15) is 44.1 Å². The molecule has 1 heterocycles. The Morgan fingerprint density at radius 2 is 1.65 bits per heavy atom. The van der Waals surface area contributed by atoms with E-state index in [-0.39, 0.29) is 5.92 Å². The molecule has 0 spiro atoms. The van der Waals surface area contributed by atoms with Gasteiger partial charge >= 0.3 is 0 Å². The monoisotopic (exact) mass is 451 g/mol. The van der Waals surface area contributed by atoms with Gasteiger partial charge in [0.15, 0.2) is 0 Å². The number of halogens is 2. The fourth-order valence-corrected chi connectivity index (χ4v) is 5.72. The minimum absolute atomic E-state index is 0.129. The van der Waals surface area contributed by atoms with E-state index in [2.05, 4.69) is 41.3 Å². The Balaban J connectivity index is 1.33. The summed E-state index contributed by atoms with van der Waals surface area (Å²) in [6, 6.07) is 19.1. The molecule has 1 atom stereocenters. The number of amides is 1. The highest BCUT2D eigenvalue weighted by molar-refractivity contribution is 6.43. The average Bonchev–Trinajstić information content (AvgIpc) is 3.16. The molecule has 1 unspecified atom stereocenters. The number of carbonyl (C=O) groups excluding carboxylic acids is 1. The zero-order chi connectivity index (χ0) is 21.4. The lowest BCUT2D eigenvalue weighted by atomic mass is 9.93. The third-order valence-corrected chi connectivity index (χ3v) is 7.83. The van der Waals surface area contributed by atoms with Crippen molar-refractivity contribution in [3.8, 4) is 11.1 Å². The number of benzene rings is 3. The summed E-state index contributed by atoms with van der Waals surface area (Å²) in [7, 11) is 0. The van der Waals surface area contributed by atoms with Gasteiger partial charge in [-0.05, 0) is 59.7 Å². The second-order valence-electron chi connectivity index (χ2n) is 9.01. The van der Waals surface area contributed by atoms with Gasteiger partial charge in [0.2, 0.25) is 5.91 Å². The summed E-state index contributed by atoms with van der Waals surface area (Å²) in [5.74, 6) is 0.502. The summed E-state index contributed by atoms with van der Waals surface area (Å²) < 4.78 is 0. The average molecular weight is 452 g/mol. The normalized spacial score (nSPS) is 20.0. The minimum Gasteiger partial charge on any atom is -0.339 e. The first-order valence-corrected chi connectivity index (χ1v) is 12.1. The van der Waals surface area contributed by atoms with E-state index in [9.17, 15) is 4.79 Å². The molecule has 1 aliphatic carbocycles. The highest BCUT2D eigenvalue weighted by atomic mass is 35.5. The smallest absolute Gasteiger partial charge is 0.226 e. The minimum atomic E-state index is 0.129. The Morgan fingerprint density at radius 3 is 2.48 bits per heavy atom. The van der Waals surface area contributed by atoms with Crippen molar-refractivity contribution in [2.24, 2.45) is 5.92 Å². The molecule has 160 valence electrons. The Hall–Kier alpha value is -2.03. The number of carbonyl (C=O) groups is 1. The van der Waals surface area contributed by atoms with Crippen molar-refractivity contribution in [2.75, 3.05) is 6.54 Å². The number of nitrogens with zero attached hydrogens (tertiary/aromatic N) is 1. The Morgan fingerprint density at radius 1 is 0.871 bits per heavy atom. The van der Waals surface area contributed by atoms with Crippen LogP contribution in [0.25, 0.3) is 21.9 Å². The standard InChI is InChI=1S/C27H27Cl2NO/c28-25-8-4-7-24(26(25)29)21-12-11-19-15-18(9-10-20(19)17-21)16-22-13-14-30(27(22)31)23-5-2-1-3-6-23/h4,7-12,15,17,22-23H,1-3,5-6,13-14,16H2. The van der Waals surface area contributed by atoms with Crippen LogP contribution in [0, 0.1) is 5.92 Å². The maximum atomic E-state index is 13.0. The maximum absolute atomic E-state index is 13.0. The molecule has 5 rings (SSSR count). The molecule has 3 aromatic carbocycles. The van der Waals surface area contributed by atoms with E-state index in [1.54, 1.807) is 6.07 Å². The van der Waals surface area contributed by atoms with E-state index < -0.39 is 0 Å². The molecule has 31 heavy (non-hydrogen) atoms. The number of fused-ring (bicyclic) bond motifs is 1. The molecule has 0 radical (unpaired) electrons. The van der Waals surface area contributed by atoms with Crippen LogP contribution in [0.5, 0.6) is 0 Å². The Kier molecular flexibility index (Phi) is 5.95. The lowest BCUT2D eigenvalue weighted by molar-refractivity contribution is -0.133. The molecule has 4 heteroatoms. The van der Waals surface area contributed by atoms with Crippen molar-refractivity contribution >= 4 is 39.9 Å². The van der Waals surface area contributed by atoms with Crippen LogP contribution in [0.4, 0.5) is 0 Å². The van der Waals surface area contributed by atoms with Crippen LogP contribution < -0.4 is 0 Å². The van der Waals surface area contributed by atoms with Gasteiger partial charge in [-0.3, -0.25) is 4.79 Å². The van der Waals surface area contributed by atoms with Crippen LogP contribution >= 0.6 is 23.2 Å². The van der Waals surface area contributed by atoms with E-state index >= 15 is 0 Å². The van der Waals surface area contributed by atoms with Crippen molar-refractivity contribution in [2.45, 2.75) is 51.0 Å². The molecule has 1 amide bonds. The summed E-state index contributed by atoms with van der Waals surface area (Å²) in [4.78, 5) is 15.2. The van der Waals surface area contributed by atoms with E-state index in [0.29, 0.717) is 22.0 Å². The van der Waals surface area contributed by atoms with Gasteiger partial charge in [0, 0.05) is 24.1 Å². The molecule has 2 nitrogen and oxygen atoms in total. The molecule has 0 aromatic heterocycles. The summed E-state index contributed by atoms with van der Waals surface area (Å²) in [5, 5.41) is 3.51. The topological polar surface area (TPSA) is 20.3 Å². The maximum Gasteiger partial charge on any atom is 0.226 e. The number of hydrogen-bond acceptors (Lipinski definition) is 1. The first-order chi connectivity index (χ1) is 15.1. The third kappa shape index (κ3) is 4.21. The van der Waals surface area contributed by atoms with Crippen LogP contribution in [0.15, 0.2) is 54.6 Å². The fourth-order valence-electron chi connectivity index (χ4n) is 5.31. The van der Waals surface area contributed by atoms with Gasteiger partial charge in [-0.15, -0.1) is 0 Å². The first-order valence-electron chi connectivity index (χ1n) is 11.4. The van der Waals surface area contributed by atoms with Gasteiger partial charge < -0.3 is 4.90 Å². The molecule has 1 saturated carbocycles. The first kappa shape index (κ1) is 20.8.